The van der Waals surface area contributed by atoms with Gasteiger partial charge in [0.1, 0.15) is 19.3 Å². The second kappa shape index (κ2) is 33.1. The predicted octanol–water partition coefficient (Wildman–Crippen LogP) is 11.5. The normalized spacial score (nSPS) is 16.5. The van der Waals surface area contributed by atoms with Crippen LogP contribution in [0.5, 0.6) is 0 Å². The number of carbonyl (C=O) groups excluding carboxylic acids is 2. The summed E-state index contributed by atoms with van der Waals surface area (Å²) in [7, 11) is 0. The number of allylic oxidation sites excluding steroid dienone is 1. The number of epoxide rings is 1. The molecule has 276 valence electrons. The lowest BCUT2D eigenvalue weighted by Crippen LogP contribution is -2.25. The van der Waals surface area contributed by atoms with E-state index in [1.54, 1.807) is 0 Å². The van der Waals surface area contributed by atoms with Crippen molar-refractivity contribution >= 4 is 11.9 Å². The van der Waals surface area contributed by atoms with Crippen molar-refractivity contribution in [3.05, 3.63) is 12.2 Å². The second-order valence-corrected chi connectivity index (χ2v) is 14.1. The zero-order valence-corrected chi connectivity index (χ0v) is 31.0. The third-order valence-electron chi connectivity index (χ3n) is 9.42. The number of hydrogen-bond acceptors (Lipinski definition) is 6. The number of esters is 2. The highest BCUT2D eigenvalue weighted by Crippen LogP contribution is 2.30. The van der Waals surface area contributed by atoms with E-state index in [1.165, 1.54) is 122 Å². The van der Waals surface area contributed by atoms with Crippen molar-refractivity contribution in [2.24, 2.45) is 0 Å². The van der Waals surface area contributed by atoms with E-state index in [2.05, 4.69) is 26.0 Å². The Bertz CT molecular complexity index is 737. The third kappa shape index (κ3) is 30.4. The second-order valence-electron chi connectivity index (χ2n) is 14.1. The topological polar surface area (TPSA) is 85.4 Å². The smallest absolute Gasteiger partial charge is 0.305 e. The summed E-state index contributed by atoms with van der Waals surface area (Å²) >= 11 is 0. The number of rotatable bonds is 36. The van der Waals surface area contributed by atoms with E-state index >= 15 is 0 Å². The van der Waals surface area contributed by atoms with Crippen LogP contribution in [0, 0.1) is 0 Å². The Labute approximate surface area is 290 Å². The van der Waals surface area contributed by atoms with Crippen LogP contribution < -0.4 is 0 Å². The molecule has 1 saturated heterocycles. The van der Waals surface area contributed by atoms with Crippen molar-refractivity contribution in [3.63, 3.8) is 0 Å². The first kappa shape index (κ1) is 43.6. The molecule has 0 amide bonds. The van der Waals surface area contributed by atoms with E-state index in [-0.39, 0.29) is 25.2 Å². The van der Waals surface area contributed by atoms with Gasteiger partial charge in [0, 0.05) is 12.8 Å². The van der Waals surface area contributed by atoms with E-state index in [0.717, 1.165) is 57.8 Å². The number of unbranched alkanes of at least 4 members (excludes halogenated alkanes) is 23. The molecule has 1 fully saturated rings. The minimum absolute atomic E-state index is 0.119. The molecule has 0 aromatic rings. The minimum Gasteiger partial charge on any atom is -0.463 e. The van der Waals surface area contributed by atoms with Crippen LogP contribution >= 0.6 is 0 Å². The quantitative estimate of drug-likeness (QED) is 0.0310. The highest BCUT2D eigenvalue weighted by molar-refractivity contribution is 5.69. The molecule has 1 aliphatic heterocycles. The highest BCUT2D eigenvalue weighted by Gasteiger charge is 2.36. The van der Waals surface area contributed by atoms with Crippen molar-refractivity contribution in [2.45, 2.75) is 225 Å². The maximum absolute atomic E-state index is 12.0. The molecule has 0 radical (unpaired) electrons. The Morgan fingerprint density at radius 3 is 1.43 bits per heavy atom. The summed E-state index contributed by atoms with van der Waals surface area (Å²) in [5, 5.41) is 10.0. The Balaban J connectivity index is 1.80. The van der Waals surface area contributed by atoms with Gasteiger partial charge in [0.25, 0.3) is 0 Å². The van der Waals surface area contributed by atoms with Crippen LogP contribution in [0.4, 0.5) is 0 Å². The fraction of sp³-hybridized carbons (Fsp3) is 0.902. The summed E-state index contributed by atoms with van der Waals surface area (Å²) in [6.45, 7) is 4.27. The van der Waals surface area contributed by atoms with Gasteiger partial charge in [0.15, 0.2) is 0 Å². The highest BCUT2D eigenvalue weighted by atomic mass is 16.6. The molecule has 2 unspecified atom stereocenters. The molecule has 0 saturated carbocycles. The maximum atomic E-state index is 12.0. The van der Waals surface area contributed by atoms with Gasteiger partial charge in [-0.05, 0) is 38.5 Å². The molecule has 0 aromatic carbocycles. The van der Waals surface area contributed by atoms with E-state index in [0.29, 0.717) is 25.0 Å². The van der Waals surface area contributed by atoms with Gasteiger partial charge in [-0.15, -0.1) is 0 Å². The number of carbonyl (C=O) groups is 2. The number of aliphatic hydroxyl groups excluding tert-OH is 1. The summed E-state index contributed by atoms with van der Waals surface area (Å²) in [5.41, 5.74) is 0. The van der Waals surface area contributed by atoms with Crippen LogP contribution in [-0.4, -0.2) is 48.6 Å². The molecule has 6 nitrogen and oxygen atoms in total. The van der Waals surface area contributed by atoms with Crippen molar-refractivity contribution in [3.8, 4) is 0 Å². The van der Waals surface area contributed by atoms with Crippen LogP contribution in [0.25, 0.3) is 0 Å². The molecule has 0 aromatic heterocycles. The Kier molecular flexibility index (Phi) is 30.7. The summed E-state index contributed by atoms with van der Waals surface area (Å²) in [6, 6.07) is 0. The van der Waals surface area contributed by atoms with E-state index in [4.69, 9.17) is 14.2 Å². The monoisotopic (exact) mass is 665 g/mol. The lowest BCUT2D eigenvalue weighted by atomic mass is 10.0. The summed E-state index contributed by atoms with van der Waals surface area (Å²) in [6.07, 6.45) is 40.0. The molecular formula is C41H76O6. The maximum Gasteiger partial charge on any atom is 0.305 e. The summed E-state index contributed by atoms with van der Waals surface area (Å²) in [4.78, 5) is 24.0. The standard InChI is InChI=1S/C41H76O6/c1-3-5-7-9-11-12-13-14-15-16-17-18-19-20-21-25-29-33-40(43)45-35-37(42)36-46-41(44)34-30-26-22-24-28-32-39-38(47-39)31-27-23-10-8-6-4-2/h23,27,37-39,42H,3-22,24-26,28-36H2,1-2H3/b27-23-/t37-,38?,39?/m0/s1. The molecule has 0 bridgehead atoms. The fourth-order valence-corrected chi connectivity index (χ4v) is 6.21. The lowest BCUT2D eigenvalue weighted by molar-refractivity contribution is -0.152. The number of hydrogen-bond donors (Lipinski definition) is 1. The third-order valence-corrected chi connectivity index (χ3v) is 9.42. The minimum atomic E-state index is -0.969. The zero-order chi connectivity index (χ0) is 34.0. The van der Waals surface area contributed by atoms with Gasteiger partial charge in [0.2, 0.25) is 0 Å². The van der Waals surface area contributed by atoms with E-state index in [9.17, 15) is 14.7 Å². The molecule has 1 heterocycles. The summed E-state index contributed by atoms with van der Waals surface area (Å²) < 4.78 is 16.1. The average Bonchev–Trinajstić information content (AvgIpc) is 3.83. The summed E-state index contributed by atoms with van der Waals surface area (Å²) in [5.74, 6) is -0.578. The molecule has 6 heteroatoms. The molecule has 0 aliphatic carbocycles. The molecule has 47 heavy (non-hydrogen) atoms. The van der Waals surface area contributed by atoms with Crippen molar-refractivity contribution in [2.75, 3.05) is 13.2 Å². The van der Waals surface area contributed by atoms with Gasteiger partial charge < -0.3 is 19.3 Å². The zero-order valence-electron chi connectivity index (χ0n) is 31.0. The molecule has 1 aliphatic rings. The molecule has 1 N–H and O–H groups in total. The van der Waals surface area contributed by atoms with E-state index in [1.807, 2.05) is 0 Å². The SMILES string of the molecule is CCCCC/C=C\CC1OC1CCCCCCCC(=O)OC[C@@H](O)COC(=O)CCCCCCCCCCCCCCCCCCC. The van der Waals surface area contributed by atoms with Crippen LogP contribution in [-0.2, 0) is 23.8 Å². The first-order valence-corrected chi connectivity index (χ1v) is 20.4. The van der Waals surface area contributed by atoms with Crippen LogP contribution in [0.3, 0.4) is 0 Å². The van der Waals surface area contributed by atoms with E-state index < -0.39 is 6.10 Å². The Morgan fingerprint density at radius 1 is 0.553 bits per heavy atom. The molecular weight excluding hydrogens is 588 g/mol. The lowest BCUT2D eigenvalue weighted by Gasteiger charge is -2.12. The van der Waals surface area contributed by atoms with Gasteiger partial charge in [-0.3, -0.25) is 9.59 Å². The average molecular weight is 665 g/mol. The largest absolute Gasteiger partial charge is 0.463 e. The number of aliphatic hydroxyl groups is 1. The van der Waals surface area contributed by atoms with Crippen LogP contribution in [0.1, 0.15) is 206 Å². The molecule has 0 spiro atoms. The Morgan fingerprint density at radius 2 is 0.957 bits per heavy atom. The van der Waals surface area contributed by atoms with Gasteiger partial charge in [0.05, 0.1) is 12.2 Å². The first-order chi connectivity index (χ1) is 23.1. The first-order valence-electron chi connectivity index (χ1n) is 20.4. The van der Waals surface area contributed by atoms with Gasteiger partial charge in [-0.25, -0.2) is 0 Å². The van der Waals surface area contributed by atoms with Crippen LogP contribution in [0.2, 0.25) is 0 Å². The molecule has 3 atom stereocenters. The van der Waals surface area contributed by atoms with Crippen molar-refractivity contribution in [1.82, 2.24) is 0 Å². The number of ether oxygens (including phenoxy) is 3. The van der Waals surface area contributed by atoms with Gasteiger partial charge in [-0.1, -0.05) is 167 Å². The Hall–Kier alpha value is -1.40. The van der Waals surface area contributed by atoms with Crippen molar-refractivity contribution in [1.29, 1.82) is 0 Å². The van der Waals surface area contributed by atoms with Crippen LogP contribution in [0.15, 0.2) is 12.2 Å². The van der Waals surface area contributed by atoms with Gasteiger partial charge in [-0.2, -0.15) is 0 Å². The van der Waals surface area contributed by atoms with Gasteiger partial charge >= 0.3 is 11.9 Å². The molecule has 1 rings (SSSR count). The predicted molar refractivity (Wildman–Crippen MR) is 196 cm³/mol. The van der Waals surface area contributed by atoms with Crippen molar-refractivity contribution < 1.29 is 28.9 Å². The fourth-order valence-electron chi connectivity index (χ4n) is 6.21.